The molecule has 0 radical (unpaired) electrons. The molecule has 1 aromatic carbocycles. The third-order valence-electron chi connectivity index (χ3n) is 7.78. The summed E-state index contributed by atoms with van der Waals surface area (Å²) in [6, 6.07) is 9.29. The Bertz CT molecular complexity index is 816. The molecule has 138 valence electrons. The zero-order chi connectivity index (χ0) is 18.1. The second-order valence-corrected chi connectivity index (χ2v) is 8.55. The molecule has 4 aliphatic rings. The van der Waals surface area contributed by atoms with E-state index in [1.54, 1.807) is 0 Å². The van der Waals surface area contributed by atoms with Crippen molar-refractivity contribution in [3.05, 3.63) is 41.1 Å². The number of hydrogen-bond donors (Lipinski definition) is 0. The molecule has 0 saturated carbocycles. The lowest BCUT2D eigenvalue weighted by atomic mass is 9.53. The highest BCUT2D eigenvalue weighted by atomic mass is 16.5. The Labute approximate surface area is 155 Å². The number of esters is 1. The number of piperidine rings is 1. The molecule has 5 rings (SSSR count). The summed E-state index contributed by atoms with van der Waals surface area (Å²) in [6.45, 7) is 4.65. The molecule has 4 heteroatoms. The van der Waals surface area contributed by atoms with Crippen molar-refractivity contribution in [3.63, 3.8) is 0 Å². The zero-order valence-electron chi connectivity index (χ0n) is 16.0. The summed E-state index contributed by atoms with van der Waals surface area (Å²) in [4.78, 5) is 17.9. The molecule has 0 aromatic heterocycles. The average molecular weight is 352 g/mol. The largest absolute Gasteiger partial charge is 0.466 e. The summed E-state index contributed by atoms with van der Waals surface area (Å²) in [5.41, 5.74) is 4.97. The van der Waals surface area contributed by atoms with Gasteiger partial charge in [0.15, 0.2) is 0 Å². The molecule has 2 fully saturated rings. The fourth-order valence-corrected chi connectivity index (χ4v) is 6.92. The van der Waals surface area contributed by atoms with Gasteiger partial charge in [-0.3, -0.25) is 4.90 Å². The van der Waals surface area contributed by atoms with Crippen LogP contribution in [-0.2, 0) is 14.9 Å². The standard InChI is InChI=1S/C22H28N2O2/c1-4-21-10-7-12-24-13-11-22(20(21)24)16-8-5-6-9-17(16)23(2)18(22)15(14-21)19(25)26-3/h5-6,8-9,20H,4,7,10-14H2,1-3H3. The Kier molecular flexibility index (Phi) is 3.37. The second-order valence-electron chi connectivity index (χ2n) is 8.55. The molecular formula is C22H28N2O2. The van der Waals surface area contributed by atoms with Crippen molar-refractivity contribution in [2.24, 2.45) is 5.41 Å². The van der Waals surface area contributed by atoms with E-state index in [0.29, 0.717) is 6.04 Å². The molecule has 0 N–H and O–H groups in total. The van der Waals surface area contributed by atoms with E-state index >= 15 is 0 Å². The van der Waals surface area contributed by atoms with Crippen LogP contribution < -0.4 is 4.90 Å². The first kappa shape index (κ1) is 16.4. The van der Waals surface area contributed by atoms with Crippen LogP contribution in [0.3, 0.4) is 0 Å². The number of likely N-dealkylation sites (N-methyl/N-ethyl adjacent to an activating group) is 1. The van der Waals surface area contributed by atoms with Gasteiger partial charge in [0.25, 0.3) is 0 Å². The van der Waals surface area contributed by atoms with Crippen LogP contribution in [0.5, 0.6) is 0 Å². The number of nitrogens with zero attached hydrogens (tertiary/aromatic N) is 2. The Balaban J connectivity index is 1.85. The molecule has 4 nitrogen and oxygen atoms in total. The molecule has 1 spiro atoms. The van der Waals surface area contributed by atoms with Crippen LogP contribution in [0.2, 0.25) is 0 Å². The Hall–Kier alpha value is -1.81. The van der Waals surface area contributed by atoms with Crippen molar-refractivity contribution >= 4 is 11.7 Å². The molecule has 1 aromatic rings. The number of methoxy groups -OCH3 is 1. The minimum absolute atomic E-state index is 0.0520. The van der Waals surface area contributed by atoms with E-state index < -0.39 is 0 Å². The number of benzene rings is 1. The van der Waals surface area contributed by atoms with Crippen molar-refractivity contribution in [2.45, 2.75) is 50.5 Å². The number of fused-ring (bicyclic) bond motifs is 1. The van der Waals surface area contributed by atoms with Crippen molar-refractivity contribution in [2.75, 3.05) is 32.1 Å². The first-order valence-corrected chi connectivity index (χ1v) is 9.98. The quantitative estimate of drug-likeness (QED) is 0.763. The first-order chi connectivity index (χ1) is 12.6. The Morgan fingerprint density at radius 2 is 2.08 bits per heavy atom. The molecule has 3 unspecified atom stereocenters. The number of para-hydroxylation sites is 1. The maximum atomic E-state index is 12.9. The van der Waals surface area contributed by atoms with Gasteiger partial charge < -0.3 is 9.64 Å². The minimum atomic E-state index is -0.130. The van der Waals surface area contributed by atoms with E-state index in [9.17, 15) is 4.79 Å². The van der Waals surface area contributed by atoms with Crippen LogP contribution in [0.1, 0.15) is 44.6 Å². The van der Waals surface area contributed by atoms with Crippen molar-refractivity contribution < 1.29 is 9.53 Å². The van der Waals surface area contributed by atoms with Crippen LogP contribution in [-0.4, -0.2) is 44.2 Å². The summed E-state index contributed by atoms with van der Waals surface area (Å²) >= 11 is 0. The van der Waals surface area contributed by atoms with E-state index in [0.717, 1.165) is 31.4 Å². The first-order valence-electron chi connectivity index (χ1n) is 9.98. The summed E-state index contributed by atoms with van der Waals surface area (Å²) in [5.74, 6) is -0.130. The fourth-order valence-electron chi connectivity index (χ4n) is 6.92. The summed E-state index contributed by atoms with van der Waals surface area (Å²) in [7, 11) is 3.66. The molecular weight excluding hydrogens is 324 g/mol. The predicted octanol–water partition coefficient (Wildman–Crippen LogP) is 3.47. The summed E-state index contributed by atoms with van der Waals surface area (Å²) < 4.78 is 5.28. The van der Waals surface area contributed by atoms with Gasteiger partial charge >= 0.3 is 5.97 Å². The molecule has 3 aliphatic heterocycles. The van der Waals surface area contributed by atoms with E-state index in [2.05, 4.69) is 48.0 Å². The number of carbonyl (C=O) groups excluding carboxylic acids is 1. The highest BCUT2D eigenvalue weighted by Crippen LogP contribution is 2.66. The van der Waals surface area contributed by atoms with Gasteiger partial charge in [-0.15, -0.1) is 0 Å². The van der Waals surface area contributed by atoms with Gasteiger partial charge in [0.05, 0.1) is 18.1 Å². The van der Waals surface area contributed by atoms with Crippen LogP contribution >= 0.6 is 0 Å². The third kappa shape index (κ3) is 1.72. The van der Waals surface area contributed by atoms with E-state index in [1.807, 2.05) is 0 Å². The van der Waals surface area contributed by atoms with Gasteiger partial charge in [-0.25, -0.2) is 4.79 Å². The normalized spacial score (nSPS) is 35.2. The lowest BCUT2D eigenvalue weighted by Gasteiger charge is -2.56. The van der Waals surface area contributed by atoms with E-state index in [-0.39, 0.29) is 16.8 Å². The number of anilines is 1. The lowest BCUT2D eigenvalue weighted by Crippen LogP contribution is -2.60. The molecule has 3 atom stereocenters. The molecule has 26 heavy (non-hydrogen) atoms. The van der Waals surface area contributed by atoms with Crippen molar-refractivity contribution in [3.8, 4) is 0 Å². The third-order valence-corrected chi connectivity index (χ3v) is 7.78. The minimum Gasteiger partial charge on any atom is -0.466 e. The summed E-state index contributed by atoms with van der Waals surface area (Å²) in [5, 5.41) is 0. The molecule has 1 aliphatic carbocycles. The zero-order valence-corrected chi connectivity index (χ0v) is 16.0. The van der Waals surface area contributed by atoms with E-state index in [1.165, 1.54) is 43.4 Å². The van der Waals surface area contributed by atoms with Gasteiger partial charge in [0.1, 0.15) is 0 Å². The predicted molar refractivity (Wildman–Crippen MR) is 102 cm³/mol. The van der Waals surface area contributed by atoms with Crippen molar-refractivity contribution in [1.29, 1.82) is 0 Å². The molecule has 0 amide bonds. The van der Waals surface area contributed by atoms with E-state index in [4.69, 9.17) is 4.74 Å². The van der Waals surface area contributed by atoms with Crippen LogP contribution in [0.4, 0.5) is 5.69 Å². The number of ether oxygens (including phenoxy) is 1. The van der Waals surface area contributed by atoms with Crippen LogP contribution in [0.25, 0.3) is 0 Å². The Morgan fingerprint density at radius 1 is 1.27 bits per heavy atom. The topological polar surface area (TPSA) is 32.8 Å². The highest BCUT2D eigenvalue weighted by molar-refractivity contribution is 5.93. The maximum Gasteiger partial charge on any atom is 0.335 e. The second kappa shape index (κ2) is 5.35. The van der Waals surface area contributed by atoms with Gasteiger partial charge in [0.2, 0.25) is 0 Å². The van der Waals surface area contributed by atoms with Crippen molar-refractivity contribution in [1.82, 2.24) is 4.90 Å². The maximum absolute atomic E-state index is 12.9. The lowest BCUT2D eigenvalue weighted by molar-refractivity contribution is -0.137. The fraction of sp³-hybridized carbons (Fsp3) is 0.591. The average Bonchev–Trinajstić information content (AvgIpc) is 3.19. The molecule has 2 saturated heterocycles. The monoisotopic (exact) mass is 352 g/mol. The number of rotatable bonds is 2. The van der Waals surface area contributed by atoms with Gasteiger partial charge in [-0.1, -0.05) is 25.1 Å². The number of hydrogen-bond acceptors (Lipinski definition) is 4. The number of carbonyl (C=O) groups is 1. The SMILES string of the molecule is CCC12CCCN3CCC4(C(=C(C(=O)OC)C1)N(C)c1ccccc14)C32. The smallest absolute Gasteiger partial charge is 0.335 e. The van der Waals surface area contributed by atoms with Crippen LogP contribution in [0, 0.1) is 5.41 Å². The Morgan fingerprint density at radius 3 is 2.85 bits per heavy atom. The highest BCUT2D eigenvalue weighted by Gasteiger charge is 2.67. The van der Waals surface area contributed by atoms with Gasteiger partial charge in [-0.05, 0) is 62.2 Å². The molecule has 3 heterocycles. The van der Waals surface area contributed by atoms with Crippen LogP contribution in [0.15, 0.2) is 35.5 Å². The molecule has 0 bridgehead atoms. The van der Waals surface area contributed by atoms with Gasteiger partial charge in [0, 0.05) is 24.5 Å². The summed E-state index contributed by atoms with van der Waals surface area (Å²) in [6.07, 6.45) is 5.53. The van der Waals surface area contributed by atoms with Gasteiger partial charge in [-0.2, -0.15) is 0 Å².